The van der Waals surface area contributed by atoms with Crippen LogP contribution >= 0.6 is 11.6 Å². The van der Waals surface area contributed by atoms with E-state index in [0.29, 0.717) is 28.6 Å². The normalized spacial score (nSPS) is 12.8. The molecule has 0 bridgehead atoms. The molecular formula is C16H22ClN3O. The molecular weight excluding hydrogens is 286 g/mol. The summed E-state index contributed by atoms with van der Waals surface area (Å²) in [5, 5.41) is 4.65. The zero-order valence-corrected chi connectivity index (χ0v) is 13.3. The summed E-state index contributed by atoms with van der Waals surface area (Å²) in [6, 6.07) is 7.51. The summed E-state index contributed by atoms with van der Waals surface area (Å²) in [5.74, 6) is 2.41. The van der Waals surface area contributed by atoms with Gasteiger partial charge in [0.1, 0.15) is 0 Å². The van der Waals surface area contributed by atoms with E-state index in [1.807, 2.05) is 24.3 Å². The number of aryl methyl sites for hydroxylation is 1. The molecule has 2 rings (SSSR count). The van der Waals surface area contributed by atoms with E-state index in [0.717, 1.165) is 31.4 Å². The van der Waals surface area contributed by atoms with Gasteiger partial charge >= 0.3 is 0 Å². The highest BCUT2D eigenvalue weighted by molar-refractivity contribution is 6.33. The van der Waals surface area contributed by atoms with E-state index in [1.54, 1.807) is 0 Å². The van der Waals surface area contributed by atoms with E-state index in [-0.39, 0.29) is 0 Å². The maximum atomic E-state index is 6.14. The van der Waals surface area contributed by atoms with Gasteiger partial charge in [0, 0.05) is 12.0 Å². The number of nitrogens with zero attached hydrogens (tertiary/aromatic N) is 2. The predicted octanol–water partition coefficient (Wildman–Crippen LogP) is 3.94. The summed E-state index contributed by atoms with van der Waals surface area (Å²) in [7, 11) is 0. The molecule has 0 aliphatic rings. The van der Waals surface area contributed by atoms with Crippen LogP contribution in [-0.2, 0) is 6.42 Å². The number of hydrogen-bond acceptors (Lipinski definition) is 4. The van der Waals surface area contributed by atoms with Gasteiger partial charge in [-0.05, 0) is 43.4 Å². The fourth-order valence-corrected chi connectivity index (χ4v) is 2.66. The fourth-order valence-electron chi connectivity index (χ4n) is 2.44. The van der Waals surface area contributed by atoms with Gasteiger partial charge in [0.05, 0.1) is 5.02 Å². The van der Waals surface area contributed by atoms with Crippen molar-refractivity contribution in [3.8, 4) is 11.4 Å². The Balaban J connectivity index is 2.02. The van der Waals surface area contributed by atoms with Crippen LogP contribution in [0.25, 0.3) is 11.4 Å². The van der Waals surface area contributed by atoms with Crippen LogP contribution in [0.1, 0.15) is 32.6 Å². The Morgan fingerprint density at radius 1 is 1.24 bits per heavy atom. The lowest BCUT2D eigenvalue weighted by Crippen LogP contribution is -2.15. The molecule has 0 saturated carbocycles. The van der Waals surface area contributed by atoms with Crippen LogP contribution in [0, 0.1) is 11.8 Å². The minimum absolute atomic E-state index is 0.551. The van der Waals surface area contributed by atoms with Crippen LogP contribution in [0.2, 0.25) is 5.02 Å². The Morgan fingerprint density at radius 3 is 2.67 bits per heavy atom. The van der Waals surface area contributed by atoms with Gasteiger partial charge in [0.15, 0.2) is 0 Å². The number of nitrogens with two attached hydrogens (primary N) is 1. The quantitative estimate of drug-likeness (QED) is 0.841. The number of halogens is 1. The van der Waals surface area contributed by atoms with Crippen LogP contribution in [0.3, 0.4) is 0 Å². The van der Waals surface area contributed by atoms with Crippen molar-refractivity contribution < 1.29 is 4.52 Å². The Morgan fingerprint density at radius 2 is 2.00 bits per heavy atom. The highest BCUT2D eigenvalue weighted by Gasteiger charge is 2.16. The van der Waals surface area contributed by atoms with Crippen molar-refractivity contribution in [2.45, 2.75) is 33.1 Å². The lowest BCUT2D eigenvalue weighted by molar-refractivity contribution is 0.313. The van der Waals surface area contributed by atoms with E-state index < -0.39 is 0 Å². The van der Waals surface area contributed by atoms with Gasteiger partial charge in [-0.2, -0.15) is 4.98 Å². The standard InChI is InChI=1S/C16H22ClN3O/c1-11(2)12(9-10-18)7-8-15-19-16(20-21-15)13-5-3-4-6-14(13)17/h3-6,11-12H,7-10,18H2,1-2H3. The van der Waals surface area contributed by atoms with Gasteiger partial charge in [-0.25, -0.2) is 0 Å². The van der Waals surface area contributed by atoms with E-state index in [1.165, 1.54) is 0 Å². The zero-order valence-electron chi connectivity index (χ0n) is 12.6. The average Bonchev–Trinajstić information content (AvgIpc) is 2.92. The first kappa shape index (κ1) is 16.0. The lowest BCUT2D eigenvalue weighted by atomic mass is 9.88. The monoisotopic (exact) mass is 307 g/mol. The highest BCUT2D eigenvalue weighted by Crippen LogP contribution is 2.26. The summed E-state index contributed by atoms with van der Waals surface area (Å²) in [4.78, 5) is 4.44. The van der Waals surface area contributed by atoms with Crippen molar-refractivity contribution in [1.82, 2.24) is 10.1 Å². The summed E-state index contributed by atoms with van der Waals surface area (Å²) in [6.45, 7) is 5.17. The average molecular weight is 308 g/mol. The van der Waals surface area contributed by atoms with Crippen LogP contribution in [-0.4, -0.2) is 16.7 Å². The molecule has 4 nitrogen and oxygen atoms in total. The van der Waals surface area contributed by atoms with Crippen molar-refractivity contribution in [3.05, 3.63) is 35.2 Å². The van der Waals surface area contributed by atoms with Crippen molar-refractivity contribution in [2.75, 3.05) is 6.54 Å². The third-order valence-electron chi connectivity index (χ3n) is 3.79. The number of rotatable bonds is 7. The largest absolute Gasteiger partial charge is 0.339 e. The first-order valence-electron chi connectivity index (χ1n) is 7.39. The Hall–Kier alpha value is -1.39. The minimum atomic E-state index is 0.551. The third-order valence-corrected chi connectivity index (χ3v) is 4.12. The second kappa shape index (κ2) is 7.57. The van der Waals surface area contributed by atoms with E-state index in [9.17, 15) is 0 Å². The predicted molar refractivity (Wildman–Crippen MR) is 85.1 cm³/mol. The molecule has 0 radical (unpaired) electrons. The Bertz CT molecular complexity index is 568. The molecule has 1 heterocycles. The molecule has 0 amide bonds. The molecule has 1 aromatic heterocycles. The molecule has 21 heavy (non-hydrogen) atoms. The number of aromatic nitrogens is 2. The second-order valence-electron chi connectivity index (χ2n) is 5.61. The first-order chi connectivity index (χ1) is 10.1. The highest BCUT2D eigenvalue weighted by atomic mass is 35.5. The summed E-state index contributed by atoms with van der Waals surface area (Å²) >= 11 is 6.14. The maximum absolute atomic E-state index is 6.14. The molecule has 2 N–H and O–H groups in total. The molecule has 114 valence electrons. The molecule has 5 heteroatoms. The van der Waals surface area contributed by atoms with Crippen LogP contribution in [0.5, 0.6) is 0 Å². The van der Waals surface area contributed by atoms with E-state index in [2.05, 4.69) is 24.0 Å². The molecule has 1 unspecified atom stereocenters. The Kier molecular flexibility index (Phi) is 5.76. The van der Waals surface area contributed by atoms with Crippen LogP contribution < -0.4 is 5.73 Å². The van der Waals surface area contributed by atoms with E-state index in [4.69, 9.17) is 21.9 Å². The zero-order chi connectivity index (χ0) is 15.2. The van der Waals surface area contributed by atoms with Gasteiger partial charge in [0.2, 0.25) is 11.7 Å². The summed E-state index contributed by atoms with van der Waals surface area (Å²) < 4.78 is 5.33. The molecule has 1 atom stereocenters. The number of hydrogen-bond donors (Lipinski definition) is 1. The van der Waals surface area contributed by atoms with Crippen molar-refractivity contribution in [2.24, 2.45) is 17.6 Å². The molecule has 0 aliphatic carbocycles. The van der Waals surface area contributed by atoms with Gasteiger partial charge < -0.3 is 10.3 Å². The van der Waals surface area contributed by atoms with Gasteiger partial charge in [-0.15, -0.1) is 0 Å². The van der Waals surface area contributed by atoms with Crippen molar-refractivity contribution in [1.29, 1.82) is 0 Å². The van der Waals surface area contributed by atoms with Gasteiger partial charge in [-0.1, -0.05) is 42.7 Å². The molecule has 0 spiro atoms. The molecule has 0 saturated heterocycles. The van der Waals surface area contributed by atoms with Crippen LogP contribution in [0.4, 0.5) is 0 Å². The fraction of sp³-hybridized carbons (Fsp3) is 0.500. The lowest BCUT2D eigenvalue weighted by Gasteiger charge is -2.18. The molecule has 2 aromatic rings. The third kappa shape index (κ3) is 4.29. The van der Waals surface area contributed by atoms with Crippen LogP contribution in [0.15, 0.2) is 28.8 Å². The molecule has 1 aromatic carbocycles. The Labute approximate surface area is 130 Å². The minimum Gasteiger partial charge on any atom is -0.339 e. The summed E-state index contributed by atoms with van der Waals surface area (Å²) in [5.41, 5.74) is 6.47. The van der Waals surface area contributed by atoms with E-state index >= 15 is 0 Å². The van der Waals surface area contributed by atoms with Crippen molar-refractivity contribution >= 4 is 11.6 Å². The summed E-state index contributed by atoms with van der Waals surface area (Å²) in [6.07, 6.45) is 2.82. The maximum Gasteiger partial charge on any atom is 0.226 e. The second-order valence-corrected chi connectivity index (χ2v) is 6.02. The molecule has 0 aliphatic heterocycles. The molecule has 0 fully saturated rings. The smallest absolute Gasteiger partial charge is 0.226 e. The SMILES string of the molecule is CC(C)C(CCN)CCc1nc(-c2ccccc2Cl)no1. The topological polar surface area (TPSA) is 64.9 Å². The first-order valence-corrected chi connectivity index (χ1v) is 7.77. The van der Waals surface area contributed by atoms with Gasteiger partial charge in [0.25, 0.3) is 0 Å². The van der Waals surface area contributed by atoms with Crippen molar-refractivity contribution in [3.63, 3.8) is 0 Å². The number of benzene rings is 1. The van der Waals surface area contributed by atoms with Gasteiger partial charge in [-0.3, -0.25) is 0 Å².